The van der Waals surface area contributed by atoms with E-state index in [1.165, 1.54) is 17.4 Å². The van der Waals surface area contributed by atoms with E-state index in [0.717, 1.165) is 40.7 Å². The fraction of sp³-hybridized carbons (Fsp3) is 0.286. The number of aliphatic hydroxyl groups is 1. The van der Waals surface area contributed by atoms with Gasteiger partial charge >= 0.3 is 0 Å². The first-order valence-corrected chi connectivity index (χ1v) is 13.1. The summed E-state index contributed by atoms with van der Waals surface area (Å²) in [4.78, 5) is 37.0. The molecule has 190 valence electrons. The van der Waals surface area contributed by atoms with Crippen LogP contribution < -0.4 is 5.32 Å². The third-order valence-electron chi connectivity index (χ3n) is 6.91. The molecular formula is C28H29N5O3S. The molecule has 3 heterocycles. The highest BCUT2D eigenvalue weighted by Gasteiger charge is 2.33. The summed E-state index contributed by atoms with van der Waals surface area (Å²) in [6.07, 6.45) is 5.88. The van der Waals surface area contributed by atoms with Gasteiger partial charge in [0.15, 0.2) is 0 Å². The number of aliphatic hydroxyl groups excluding tert-OH is 1. The van der Waals surface area contributed by atoms with Crippen LogP contribution >= 0.6 is 11.3 Å². The molecule has 8 nitrogen and oxygen atoms in total. The molecule has 1 aromatic carbocycles. The van der Waals surface area contributed by atoms with E-state index in [1.807, 2.05) is 48.5 Å². The Kier molecular flexibility index (Phi) is 7.16. The number of likely N-dealkylation sites (N-methyl/N-ethyl adjacent to an activating group) is 1. The number of para-hydroxylation sites is 2. The van der Waals surface area contributed by atoms with Crippen LogP contribution in [0.1, 0.15) is 40.7 Å². The molecule has 0 radical (unpaired) electrons. The number of hydrogen-bond donors (Lipinski definition) is 2. The fourth-order valence-electron chi connectivity index (χ4n) is 4.79. The Morgan fingerprint density at radius 3 is 2.84 bits per heavy atom. The molecule has 0 unspecified atom stereocenters. The molecule has 5 rings (SSSR count). The molecule has 0 atom stereocenters. The molecule has 0 bridgehead atoms. The highest BCUT2D eigenvalue weighted by molar-refractivity contribution is 7.17. The van der Waals surface area contributed by atoms with Crippen LogP contribution in [0.3, 0.4) is 0 Å². The SMILES string of the molecule is C=CC(=O)N(C)CCC1CC(n2c(NC(=O)c3ccc(-c4ccnc(CO)c4)s3)nc3ccccc32)C1. The van der Waals surface area contributed by atoms with Crippen LogP contribution in [0, 0.1) is 5.92 Å². The second-order valence-corrected chi connectivity index (χ2v) is 10.4. The van der Waals surface area contributed by atoms with Crippen molar-refractivity contribution >= 4 is 40.1 Å². The van der Waals surface area contributed by atoms with Crippen LogP contribution in [-0.2, 0) is 11.4 Å². The molecule has 2 amide bonds. The molecule has 3 aromatic heterocycles. The Balaban J connectivity index is 1.31. The number of thiophene rings is 1. The minimum Gasteiger partial charge on any atom is -0.390 e. The maximum Gasteiger partial charge on any atom is 0.268 e. The number of nitrogens with zero attached hydrogens (tertiary/aromatic N) is 4. The zero-order valence-corrected chi connectivity index (χ0v) is 21.4. The first-order valence-electron chi connectivity index (χ1n) is 12.3. The Labute approximate surface area is 219 Å². The molecule has 0 saturated heterocycles. The van der Waals surface area contributed by atoms with E-state index in [0.29, 0.717) is 29.0 Å². The van der Waals surface area contributed by atoms with Gasteiger partial charge in [-0.2, -0.15) is 0 Å². The lowest BCUT2D eigenvalue weighted by Crippen LogP contribution is -2.33. The van der Waals surface area contributed by atoms with Crippen molar-refractivity contribution in [2.45, 2.75) is 31.9 Å². The maximum absolute atomic E-state index is 13.2. The molecule has 1 fully saturated rings. The van der Waals surface area contributed by atoms with Gasteiger partial charge in [0, 0.05) is 30.7 Å². The van der Waals surface area contributed by atoms with Crippen molar-refractivity contribution in [3.63, 3.8) is 0 Å². The second kappa shape index (κ2) is 10.7. The molecular weight excluding hydrogens is 486 g/mol. The number of fused-ring (bicyclic) bond motifs is 1. The fourth-order valence-corrected chi connectivity index (χ4v) is 5.69. The zero-order valence-electron chi connectivity index (χ0n) is 20.6. The van der Waals surface area contributed by atoms with E-state index < -0.39 is 0 Å². The predicted molar refractivity (Wildman–Crippen MR) is 145 cm³/mol. The summed E-state index contributed by atoms with van der Waals surface area (Å²) >= 11 is 1.39. The molecule has 0 aliphatic heterocycles. The van der Waals surface area contributed by atoms with Gasteiger partial charge in [-0.25, -0.2) is 4.98 Å². The summed E-state index contributed by atoms with van der Waals surface area (Å²) < 4.78 is 2.15. The van der Waals surface area contributed by atoms with Gasteiger partial charge in [-0.15, -0.1) is 11.3 Å². The molecule has 2 N–H and O–H groups in total. The van der Waals surface area contributed by atoms with Gasteiger partial charge in [-0.3, -0.25) is 19.9 Å². The van der Waals surface area contributed by atoms with E-state index in [4.69, 9.17) is 4.98 Å². The van der Waals surface area contributed by atoms with Gasteiger partial charge in [-0.1, -0.05) is 18.7 Å². The Bertz CT molecular complexity index is 1450. The van der Waals surface area contributed by atoms with Gasteiger partial charge < -0.3 is 14.6 Å². The van der Waals surface area contributed by atoms with Gasteiger partial charge in [0.2, 0.25) is 11.9 Å². The summed E-state index contributed by atoms with van der Waals surface area (Å²) in [6, 6.07) is 15.6. The number of anilines is 1. The van der Waals surface area contributed by atoms with Crippen LogP contribution in [0.15, 0.2) is 67.4 Å². The Morgan fingerprint density at radius 1 is 1.24 bits per heavy atom. The monoisotopic (exact) mass is 515 g/mol. The quantitative estimate of drug-likeness (QED) is 0.309. The van der Waals surface area contributed by atoms with E-state index in [2.05, 4.69) is 21.4 Å². The lowest BCUT2D eigenvalue weighted by molar-refractivity contribution is -0.125. The zero-order chi connectivity index (χ0) is 25.9. The lowest BCUT2D eigenvalue weighted by atomic mass is 9.78. The second-order valence-electron chi connectivity index (χ2n) is 9.35. The normalized spacial score (nSPS) is 16.8. The highest BCUT2D eigenvalue weighted by atomic mass is 32.1. The van der Waals surface area contributed by atoms with Gasteiger partial charge in [0.1, 0.15) is 0 Å². The van der Waals surface area contributed by atoms with Crippen LogP contribution in [0.5, 0.6) is 0 Å². The summed E-state index contributed by atoms with van der Waals surface area (Å²) in [5, 5.41) is 12.4. The van der Waals surface area contributed by atoms with Gasteiger partial charge in [-0.05, 0) is 73.2 Å². The molecule has 4 aromatic rings. The lowest BCUT2D eigenvalue weighted by Gasteiger charge is -2.38. The Hall–Kier alpha value is -3.82. The first kappa shape index (κ1) is 24.9. The van der Waals surface area contributed by atoms with Crippen molar-refractivity contribution in [1.29, 1.82) is 0 Å². The maximum atomic E-state index is 13.2. The third kappa shape index (κ3) is 5.19. The first-order chi connectivity index (χ1) is 18.0. The van der Waals surface area contributed by atoms with Crippen molar-refractivity contribution in [1.82, 2.24) is 19.4 Å². The molecule has 1 aliphatic rings. The van der Waals surface area contributed by atoms with Crippen LogP contribution in [0.2, 0.25) is 0 Å². The summed E-state index contributed by atoms with van der Waals surface area (Å²) in [5.41, 5.74) is 3.35. The molecule has 0 spiro atoms. The van der Waals surface area contributed by atoms with E-state index >= 15 is 0 Å². The predicted octanol–water partition coefficient (Wildman–Crippen LogP) is 4.89. The number of amides is 2. The topological polar surface area (TPSA) is 100 Å². The molecule has 1 saturated carbocycles. The number of pyridine rings is 1. The number of benzene rings is 1. The van der Waals surface area contributed by atoms with Crippen LogP contribution in [0.4, 0.5) is 5.95 Å². The van der Waals surface area contributed by atoms with Gasteiger partial charge in [0.05, 0.1) is 28.2 Å². The number of nitrogens with one attached hydrogen (secondary N) is 1. The largest absolute Gasteiger partial charge is 0.390 e. The molecule has 37 heavy (non-hydrogen) atoms. The van der Waals surface area contributed by atoms with Crippen molar-refractivity contribution in [2.75, 3.05) is 18.9 Å². The van der Waals surface area contributed by atoms with Gasteiger partial charge in [0.25, 0.3) is 5.91 Å². The summed E-state index contributed by atoms with van der Waals surface area (Å²) in [5.74, 6) is 0.800. The van der Waals surface area contributed by atoms with E-state index in [-0.39, 0.29) is 24.5 Å². The smallest absolute Gasteiger partial charge is 0.268 e. The number of carbonyl (C=O) groups is 2. The summed E-state index contributed by atoms with van der Waals surface area (Å²) in [6.45, 7) is 4.12. The van der Waals surface area contributed by atoms with Crippen LogP contribution in [-0.4, -0.2) is 49.9 Å². The standard InChI is InChI=1S/C28H29N5O3S/c1-3-26(35)32(2)13-11-18-14-21(15-18)33-23-7-5-4-6-22(23)30-28(33)31-27(36)25-9-8-24(37-25)19-10-12-29-20(16-19)17-34/h3-10,12,16,18,21,34H,1,11,13-15,17H2,2H3,(H,30,31,36). The number of carbonyl (C=O) groups excluding carboxylic acids is 2. The average molecular weight is 516 g/mol. The minimum atomic E-state index is -0.204. The number of aromatic nitrogens is 3. The molecule has 9 heteroatoms. The Morgan fingerprint density at radius 2 is 2.05 bits per heavy atom. The third-order valence-corrected chi connectivity index (χ3v) is 8.05. The number of hydrogen-bond acceptors (Lipinski definition) is 6. The number of imidazole rings is 1. The minimum absolute atomic E-state index is 0.0593. The van der Waals surface area contributed by atoms with Crippen molar-refractivity contribution in [3.8, 4) is 10.4 Å². The van der Waals surface area contributed by atoms with E-state index in [1.54, 1.807) is 18.1 Å². The van der Waals surface area contributed by atoms with E-state index in [9.17, 15) is 14.7 Å². The summed E-state index contributed by atoms with van der Waals surface area (Å²) in [7, 11) is 1.80. The highest BCUT2D eigenvalue weighted by Crippen LogP contribution is 2.43. The average Bonchev–Trinajstić information content (AvgIpc) is 3.53. The van der Waals surface area contributed by atoms with Crippen molar-refractivity contribution in [2.24, 2.45) is 5.92 Å². The van der Waals surface area contributed by atoms with Crippen molar-refractivity contribution < 1.29 is 14.7 Å². The van der Waals surface area contributed by atoms with Crippen molar-refractivity contribution in [3.05, 3.63) is 78.0 Å². The van der Waals surface area contributed by atoms with Crippen LogP contribution in [0.25, 0.3) is 21.5 Å². The number of rotatable bonds is 9. The molecule has 1 aliphatic carbocycles.